The summed E-state index contributed by atoms with van der Waals surface area (Å²) in [6, 6.07) is 4.79. The van der Waals surface area contributed by atoms with Gasteiger partial charge in [0.25, 0.3) is 0 Å². The van der Waals surface area contributed by atoms with Gasteiger partial charge in [0.05, 0.1) is 5.60 Å². The quantitative estimate of drug-likeness (QED) is 0.704. The molecule has 0 bridgehead atoms. The van der Waals surface area contributed by atoms with Gasteiger partial charge in [0, 0.05) is 25.9 Å². The number of aryl methyl sites for hydroxylation is 1. The maximum absolute atomic E-state index is 13.8. The summed E-state index contributed by atoms with van der Waals surface area (Å²) in [5, 5.41) is 17.5. The summed E-state index contributed by atoms with van der Waals surface area (Å²) in [4.78, 5) is 11.0. The molecule has 1 amide bonds. The van der Waals surface area contributed by atoms with E-state index in [9.17, 15) is 14.3 Å². The molecule has 4 nitrogen and oxygen atoms in total. The van der Waals surface area contributed by atoms with E-state index in [1.807, 2.05) is 13.0 Å². The van der Waals surface area contributed by atoms with Crippen LogP contribution in [0, 0.1) is 18.7 Å². The third kappa shape index (κ3) is 4.75. The third-order valence-electron chi connectivity index (χ3n) is 4.62. The fraction of sp³-hybridized carbons (Fsp3) is 0.611. The van der Waals surface area contributed by atoms with Crippen molar-refractivity contribution in [2.24, 2.45) is 5.92 Å². The Hall–Kier alpha value is -1.46. The van der Waals surface area contributed by atoms with Crippen LogP contribution in [0.15, 0.2) is 18.2 Å². The van der Waals surface area contributed by atoms with Crippen molar-refractivity contribution in [3.63, 3.8) is 0 Å². The van der Waals surface area contributed by atoms with E-state index in [0.29, 0.717) is 24.9 Å². The summed E-state index contributed by atoms with van der Waals surface area (Å²) in [6.07, 6.45) is 3.08. The molecule has 23 heavy (non-hydrogen) atoms. The number of benzene rings is 1. The highest BCUT2D eigenvalue weighted by molar-refractivity contribution is 5.72. The molecule has 1 saturated heterocycles. The molecular formula is C18H27FN2O2. The molecule has 1 aliphatic heterocycles. The Kier molecular flexibility index (Phi) is 6.13. The molecule has 0 aliphatic carbocycles. The Balaban J connectivity index is 2.20. The molecule has 1 aromatic carbocycles. The van der Waals surface area contributed by atoms with Gasteiger partial charge in [-0.05, 0) is 62.4 Å². The van der Waals surface area contributed by atoms with E-state index in [-0.39, 0.29) is 17.6 Å². The van der Waals surface area contributed by atoms with Crippen LogP contribution in [0.25, 0.3) is 0 Å². The maximum atomic E-state index is 13.8. The van der Waals surface area contributed by atoms with Gasteiger partial charge in [-0.25, -0.2) is 4.39 Å². The van der Waals surface area contributed by atoms with Crippen molar-refractivity contribution in [3.05, 3.63) is 35.1 Å². The first kappa shape index (κ1) is 17.9. The fourth-order valence-electron chi connectivity index (χ4n) is 3.45. The molecule has 1 aromatic rings. The summed E-state index contributed by atoms with van der Waals surface area (Å²) >= 11 is 0. The number of hydrogen-bond donors (Lipinski definition) is 3. The van der Waals surface area contributed by atoms with Gasteiger partial charge in [-0.15, -0.1) is 0 Å². The molecule has 128 valence electrons. The SMILES string of the molecule is CC(=O)NCCC[C@@](O)(c1cc(C)cc(F)c1)[C@@H]1CCCNC1. The fourth-order valence-corrected chi connectivity index (χ4v) is 3.45. The van der Waals surface area contributed by atoms with E-state index in [4.69, 9.17) is 0 Å². The Morgan fingerprint density at radius 3 is 2.87 bits per heavy atom. The molecule has 2 rings (SSSR count). The van der Waals surface area contributed by atoms with E-state index in [1.165, 1.54) is 19.1 Å². The van der Waals surface area contributed by atoms with Gasteiger partial charge in [0.2, 0.25) is 5.91 Å². The van der Waals surface area contributed by atoms with Gasteiger partial charge in [0.1, 0.15) is 5.82 Å². The minimum Gasteiger partial charge on any atom is -0.385 e. The van der Waals surface area contributed by atoms with Crippen LogP contribution in [0.3, 0.4) is 0 Å². The summed E-state index contributed by atoms with van der Waals surface area (Å²) in [5.41, 5.74) is 0.384. The second kappa shape index (κ2) is 7.88. The smallest absolute Gasteiger partial charge is 0.216 e. The van der Waals surface area contributed by atoms with E-state index in [1.54, 1.807) is 0 Å². The first-order valence-electron chi connectivity index (χ1n) is 8.37. The van der Waals surface area contributed by atoms with Crippen LogP contribution in [-0.4, -0.2) is 30.6 Å². The van der Waals surface area contributed by atoms with Crippen LogP contribution in [0.5, 0.6) is 0 Å². The normalized spacial score (nSPS) is 20.8. The molecule has 5 heteroatoms. The van der Waals surface area contributed by atoms with E-state index in [0.717, 1.165) is 31.5 Å². The third-order valence-corrected chi connectivity index (χ3v) is 4.62. The maximum Gasteiger partial charge on any atom is 0.216 e. The first-order chi connectivity index (χ1) is 10.9. The average Bonchev–Trinajstić information content (AvgIpc) is 2.51. The number of halogens is 1. The highest BCUT2D eigenvalue weighted by Crippen LogP contribution is 2.38. The van der Waals surface area contributed by atoms with Crippen molar-refractivity contribution in [3.8, 4) is 0 Å². The Morgan fingerprint density at radius 2 is 2.26 bits per heavy atom. The second-order valence-electron chi connectivity index (χ2n) is 6.57. The zero-order chi connectivity index (χ0) is 16.9. The number of carbonyl (C=O) groups excluding carboxylic acids is 1. The molecule has 0 saturated carbocycles. The van der Waals surface area contributed by atoms with Crippen LogP contribution in [-0.2, 0) is 10.4 Å². The van der Waals surface area contributed by atoms with E-state index < -0.39 is 5.60 Å². The summed E-state index contributed by atoms with van der Waals surface area (Å²) < 4.78 is 13.8. The predicted molar refractivity (Wildman–Crippen MR) is 88.5 cm³/mol. The highest BCUT2D eigenvalue weighted by atomic mass is 19.1. The molecule has 0 radical (unpaired) electrons. The molecule has 0 spiro atoms. The zero-order valence-corrected chi connectivity index (χ0v) is 14.0. The Morgan fingerprint density at radius 1 is 1.48 bits per heavy atom. The minimum atomic E-state index is -1.07. The van der Waals surface area contributed by atoms with Gasteiger partial charge >= 0.3 is 0 Å². The molecule has 2 atom stereocenters. The van der Waals surface area contributed by atoms with Crippen LogP contribution in [0.1, 0.15) is 43.7 Å². The number of carbonyl (C=O) groups is 1. The average molecular weight is 322 g/mol. The van der Waals surface area contributed by atoms with Crippen LogP contribution in [0.2, 0.25) is 0 Å². The lowest BCUT2D eigenvalue weighted by Gasteiger charge is -2.39. The van der Waals surface area contributed by atoms with Gasteiger partial charge < -0.3 is 15.7 Å². The van der Waals surface area contributed by atoms with Crippen molar-refractivity contribution in [1.82, 2.24) is 10.6 Å². The largest absolute Gasteiger partial charge is 0.385 e. The molecule has 0 aromatic heterocycles. The molecular weight excluding hydrogens is 295 g/mol. The van der Waals surface area contributed by atoms with E-state index >= 15 is 0 Å². The number of rotatable bonds is 6. The van der Waals surface area contributed by atoms with Crippen molar-refractivity contribution in [1.29, 1.82) is 0 Å². The lowest BCUT2D eigenvalue weighted by molar-refractivity contribution is -0.119. The molecule has 1 aliphatic rings. The number of hydrogen-bond acceptors (Lipinski definition) is 3. The topological polar surface area (TPSA) is 61.4 Å². The number of aliphatic hydroxyl groups is 1. The van der Waals surface area contributed by atoms with Crippen molar-refractivity contribution < 1.29 is 14.3 Å². The minimum absolute atomic E-state index is 0.0507. The van der Waals surface area contributed by atoms with Crippen molar-refractivity contribution >= 4 is 5.91 Å². The highest BCUT2D eigenvalue weighted by Gasteiger charge is 2.38. The number of nitrogens with one attached hydrogen (secondary N) is 2. The van der Waals surface area contributed by atoms with Crippen molar-refractivity contribution in [2.75, 3.05) is 19.6 Å². The van der Waals surface area contributed by atoms with Crippen molar-refractivity contribution in [2.45, 2.75) is 45.1 Å². The van der Waals surface area contributed by atoms with Crippen LogP contribution in [0.4, 0.5) is 4.39 Å². The predicted octanol–water partition coefficient (Wildman–Crippen LogP) is 2.24. The van der Waals surface area contributed by atoms with Gasteiger partial charge in [-0.2, -0.15) is 0 Å². The van der Waals surface area contributed by atoms with E-state index in [2.05, 4.69) is 10.6 Å². The number of amides is 1. The lowest BCUT2D eigenvalue weighted by Crippen LogP contribution is -2.44. The number of piperidine rings is 1. The van der Waals surface area contributed by atoms with Crippen LogP contribution < -0.4 is 10.6 Å². The lowest BCUT2D eigenvalue weighted by atomic mass is 9.74. The second-order valence-corrected chi connectivity index (χ2v) is 6.57. The molecule has 1 fully saturated rings. The molecule has 0 unspecified atom stereocenters. The molecule has 3 N–H and O–H groups in total. The van der Waals surface area contributed by atoms with Gasteiger partial charge in [-0.1, -0.05) is 6.07 Å². The summed E-state index contributed by atoms with van der Waals surface area (Å²) in [6.45, 7) is 5.52. The summed E-state index contributed by atoms with van der Waals surface area (Å²) in [7, 11) is 0. The monoisotopic (exact) mass is 322 g/mol. The molecule has 1 heterocycles. The Labute approximate surface area is 137 Å². The van der Waals surface area contributed by atoms with Gasteiger partial charge in [0.15, 0.2) is 0 Å². The Bertz CT molecular complexity index is 524. The van der Waals surface area contributed by atoms with Gasteiger partial charge in [-0.3, -0.25) is 4.79 Å². The first-order valence-corrected chi connectivity index (χ1v) is 8.37. The summed E-state index contributed by atoms with van der Waals surface area (Å²) in [5.74, 6) is -0.340. The standard InChI is InChI=1S/C18H27FN2O2/c1-13-9-16(11-17(19)10-13)18(23,6-4-8-21-14(2)22)15-5-3-7-20-12-15/h9-11,15,20,23H,3-8,12H2,1-2H3,(H,21,22)/t15-,18+/m1/s1. The van der Waals surface area contributed by atoms with Crippen LogP contribution >= 0.6 is 0 Å². The zero-order valence-electron chi connectivity index (χ0n) is 14.0.